The van der Waals surface area contributed by atoms with Gasteiger partial charge in [-0.1, -0.05) is 0 Å². The van der Waals surface area contributed by atoms with Crippen LogP contribution in [0.5, 0.6) is 0 Å². The van der Waals surface area contributed by atoms with Gasteiger partial charge in [-0.05, 0) is 19.8 Å². The molecule has 9 nitrogen and oxygen atoms in total. The molecule has 2 aliphatic heterocycles. The van der Waals surface area contributed by atoms with E-state index in [1.54, 1.807) is 6.92 Å². The predicted octanol–water partition coefficient (Wildman–Crippen LogP) is -0.919. The summed E-state index contributed by atoms with van der Waals surface area (Å²) >= 11 is 0. The summed E-state index contributed by atoms with van der Waals surface area (Å²) in [6.45, 7) is 1.99. The molecule has 0 saturated carbocycles. The molecule has 1 aromatic rings. The zero-order valence-corrected chi connectivity index (χ0v) is 12.2. The zero-order valence-electron chi connectivity index (χ0n) is 11.3. The first kappa shape index (κ1) is 14.0. The van der Waals surface area contributed by atoms with Crippen LogP contribution in [0.3, 0.4) is 0 Å². The third kappa shape index (κ3) is 2.20. The van der Waals surface area contributed by atoms with Crippen LogP contribution in [-0.2, 0) is 14.8 Å². The molecule has 0 radical (unpaired) electrons. The Hall–Kier alpha value is -1.94. The number of amides is 3. The van der Waals surface area contributed by atoms with Crippen LogP contribution in [0.4, 0.5) is 4.79 Å². The Bertz CT molecular complexity index is 702. The zero-order chi connectivity index (χ0) is 15.3. The third-order valence-electron chi connectivity index (χ3n) is 3.89. The minimum Gasteiger partial charge on any atom is -0.332 e. The van der Waals surface area contributed by atoms with E-state index >= 15 is 0 Å². The number of aryl methyl sites for hydroxylation is 1. The topological polar surface area (TPSA) is 124 Å². The van der Waals surface area contributed by atoms with Gasteiger partial charge in [0.05, 0.1) is 6.20 Å². The van der Waals surface area contributed by atoms with Crippen molar-refractivity contribution in [3.63, 3.8) is 0 Å². The molecule has 2 saturated heterocycles. The number of imide groups is 1. The molecule has 21 heavy (non-hydrogen) atoms. The van der Waals surface area contributed by atoms with E-state index in [4.69, 9.17) is 0 Å². The lowest BCUT2D eigenvalue weighted by molar-refractivity contribution is -0.125. The van der Waals surface area contributed by atoms with Gasteiger partial charge in [-0.15, -0.1) is 0 Å². The summed E-state index contributed by atoms with van der Waals surface area (Å²) in [7, 11) is -3.65. The Morgan fingerprint density at radius 2 is 1.95 bits per heavy atom. The van der Waals surface area contributed by atoms with Crippen molar-refractivity contribution in [3.8, 4) is 0 Å². The van der Waals surface area contributed by atoms with E-state index < -0.39 is 21.6 Å². The van der Waals surface area contributed by atoms with E-state index in [2.05, 4.69) is 20.6 Å². The first-order chi connectivity index (χ1) is 9.83. The smallest absolute Gasteiger partial charge is 0.322 e. The maximum Gasteiger partial charge on any atom is 0.322 e. The van der Waals surface area contributed by atoms with Gasteiger partial charge >= 0.3 is 6.03 Å². The minimum absolute atomic E-state index is 0.0378. The maximum atomic E-state index is 12.4. The van der Waals surface area contributed by atoms with Crippen molar-refractivity contribution < 1.29 is 18.0 Å². The highest BCUT2D eigenvalue weighted by Crippen LogP contribution is 2.28. The van der Waals surface area contributed by atoms with Crippen molar-refractivity contribution >= 4 is 22.0 Å². The average molecular weight is 313 g/mol. The number of sulfonamides is 1. The number of rotatable bonds is 2. The normalized spacial score (nSPS) is 22.3. The molecule has 0 unspecified atom stereocenters. The Morgan fingerprint density at radius 3 is 2.43 bits per heavy atom. The fourth-order valence-corrected chi connectivity index (χ4v) is 4.06. The number of carbonyl (C=O) groups excluding carboxylic acids is 2. The molecule has 2 aliphatic rings. The molecule has 1 spiro atoms. The molecule has 3 heterocycles. The lowest BCUT2D eigenvalue weighted by Crippen LogP contribution is -2.55. The van der Waals surface area contributed by atoms with Gasteiger partial charge < -0.3 is 10.3 Å². The van der Waals surface area contributed by atoms with Gasteiger partial charge in [0.25, 0.3) is 15.9 Å². The maximum absolute atomic E-state index is 12.4. The van der Waals surface area contributed by atoms with Crippen LogP contribution in [0.2, 0.25) is 0 Å². The fraction of sp³-hybridized carbons (Fsp3) is 0.545. The highest BCUT2D eigenvalue weighted by Gasteiger charge is 2.49. The molecular formula is C11H15N5O4S. The van der Waals surface area contributed by atoms with Crippen LogP contribution in [0.1, 0.15) is 18.7 Å². The summed E-state index contributed by atoms with van der Waals surface area (Å²) in [6, 6.07) is -0.527. The Kier molecular flexibility index (Phi) is 3.02. The summed E-state index contributed by atoms with van der Waals surface area (Å²) in [5.74, 6) is 0.131. The van der Waals surface area contributed by atoms with Crippen LogP contribution in [-0.4, -0.2) is 53.3 Å². The minimum atomic E-state index is -3.65. The lowest BCUT2D eigenvalue weighted by Gasteiger charge is -2.35. The van der Waals surface area contributed by atoms with Gasteiger partial charge in [-0.2, -0.15) is 4.31 Å². The predicted molar refractivity (Wildman–Crippen MR) is 70.7 cm³/mol. The number of hydrogen-bond donors (Lipinski definition) is 3. The standard InChI is InChI=1S/C11H15N5O4S/c1-7-12-6-8(13-7)21(19,20)16-4-2-11(3-5-16)9(17)14-10(18)15-11/h6H,2-5H2,1H3,(H,12,13)(H2,14,15,17,18). The van der Waals surface area contributed by atoms with E-state index in [1.807, 2.05) is 0 Å². The van der Waals surface area contributed by atoms with E-state index in [-0.39, 0.29) is 36.9 Å². The van der Waals surface area contributed by atoms with Crippen LogP contribution in [0.25, 0.3) is 0 Å². The largest absolute Gasteiger partial charge is 0.332 e. The van der Waals surface area contributed by atoms with Gasteiger partial charge in [0.15, 0.2) is 5.03 Å². The molecule has 0 bridgehead atoms. The van der Waals surface area contributed by atoms with Gasteiger partial charge in [-0.3, -0.25) is 10.1 Å². The number of piperidine rings is 1. The molecule has 0 aromatic carbocycles. The number of nitrogens with zero attached hydrogens (tertiary/aromatic N) is 2. The first-order valence-electron chi connectivity index (χ1n) is 6.49. The number of imidazole rings is 1. The van der Waals surface area contributed by atoms with Crippen molar-refractivity contribution in [1.29, 1.82) is 0 Å². The average Bonchev–Trinajstić information content (AvgIpc) is 2.96. The number of aromatic amines is 1. The highest BCUT2D eigenvalue weighted by atomic mass is 32.2. The second kappa shape index (κ2) is 4.53. The fourth-order valence-electron chi connectivity index (χ4n) is 2.66. The number of H-pyrrole nitrogens is 1. The number of carbonyl (C=O) groups is 2. The molecule has 114 valence electrons. The van der Waals surface area contributed by atoms with E-state index in [0.29, 0.717) is 5.82 Å². The quantitative estimate of drug-likeness (QED) is 0.609. The summed E-state index contributed by atoms with van der Waals surface area (Å²) in [5.41, 5.74) is -0.979. The highest BCUT2D eigenvalue weighted by molar-refractivity contribution is 7.89. The lowest BCUT2D eigenvalue weighted by atomic mass is 9.89. The van der Waals surface area contributed by atoms with Crippen molar-refractivity contribution in [1.82, 2.24) is 24.9 Å². The molecule has 10 heteroatoms. The molecule has 0 aliphatic carbocycles. The second-order valence-corrected chi connectivity index (χ2v) is 7.13. The van der Waals surface area contributed by atoms with Gasteiger partial charge in [0, 0.05) is 13.1 Å². The SMILES string of the molecule is Cc1ncc(S(=O)(=O)N2CCC3(CC2)NC(=O)NC3=O)[nH]1. The molecule has 3 N–H and O–H groups in total. The number of urea groups is 1. The summed E-state index contributed by atoms with van der Waals surface area (Å²) in [6.07, 6.45) is 1.77. The van der Waals surface area contributed by atoms with Gasteiger partial charge in [-0.25, -0.2) is 18.2 Å². The molecular weight excluding hydrogens is 298 g/mol. The van der Waals surface area contributed by atoms with E-state index in [9.17, 15) is 18.0 Å². The molecule has 3 rings (SSSR count). The Labute approximate surface area is 121 Å². The monoisotopic (exact) mass is 313 g/mol. The number of nitrogens with one attached hydrogen (secondary N) is 3. The third-order valence-corrected chi connectivity index (χ3v) is 5.70. The van der Waals surface area contributed by atoms with Crippen LogP contribution >= 0.6 is 0 Å². The molecule has 3 amide bonds. The summed E-state index contributed by atoms with van der Waals surface area (Å²) < 4.78 is 26.1. The van der Waals surface area contributed by atoms with E-state index in [1.165, 1.54) is 10.5 Å². The van der Waals surface area contributed by atoms with Crippen molar-refractivity contribution in [2.45, 2.75) is 30.3 Å². The molecule has 0 atom stereocenters. The Morgan fingerprint density at radius 1 is 1.29 bits per heavy atom. The van der Waals surface area contributed by atoms with Gasteiger partial charge in [0.1, 0.15) is 11.4 Å². The first-order valence-corrected chi connectivity index (χ1v) is 7.93. The summed E-state index contributed by atoms with van der Waals surface area (Å²) in [5, 5.41) is 4.82. The molecule has 2 fully saturated rings. The van der Waals surface area contributed by atoms with Crippen LogP contribution < -0.4 is 10.6 Å². The van der Waals surface area contributed by atoms with Crippen LogP contribution in [0.15, 0.2) is 11.2 Å². The van der Waals surface area contributed by atoms with Crippen molar-refractivity contribution in [3.05, 3.63) is 12.0 Å². The van der Waals surface area contributed by atoms with Crippen molar-refractivity contribution in [2.75, 3.05) is 13.1 Å². The number of aromatic nitrogens is 2. The van der Waals surface area contributed by atoms with Crippen LogP contribution in [0, 0.1) is 6.92 Å². The number of hydrogen-bond acceptors (Lipinski definition) is 5. The van der Waals surface area contributed by atoms with Gasteiger partial charge in [0.2, 0.25) is 0 Å². The summed E-state index contributed by atoms with van der Waals surface area (Å²) in [4.78, 5) is 29.6. The molecule has 1 aromatic heterocycles. The van der Waals surface area contributed by atoms with E-state index in [0.717, 1.165) is 0 Å². The Balaban J connectivity index is 1.77. The van der Waals surface area contributed by atoms with Crippen molar-refractivity contribution in [2.24, 2.45) is 0 Å². The second-order valence-electron chi connectivity index (χ2n) is 5.23.